The topological polar surface area (TPSA) is 61.6 Å². The van der Waals surface area contributed by atoms with Crippen LogP contribution < -0.4 is 5.32 Å². The second kappa shape index (κ2) is 6.13. The molecule has 1 aliphatic heterocycles. The van der Waals surface area contributed by atoms with Gasteiger partial charge in [-0.15, -0.1) is 0 Å². The van der Waals surface area contributed by atoms with Gasteiger partial charge in [0.1, 0.15) is 17.3 Å². The molecule has 0 unspecified atom stereocenters. The van der Waals surface area contributed by atoms with Crippen LogP contribution in [-0.2, 0) is 0 Å². The maximum absolute atomic E-state index is 6.15. The molecule has 1 N–H and O–H groups in total. The maximum Gasteiger partial charge on any atom is 0.255 e. The Hall–Kier alpha value is -1.44. The van der Waals surface area contributed by atoms with Crippen molar-refractivity contribution in [2.75, 3.05) is 51.6 Å². The van der Waals surface area contributed by atoms with E-state index in [0.717, 1.165) is 50.6 Å². The highest BCUT2D eigenvalue weighted by Crippen LogP contribution is 2.21. The van der Waals surface area contributed by atoms with Gasteiger partial charge in [0.05, 0.1) is 0 Å². The third kappa shape index (κ3) is 3.09. The Morgan fingerprint density at radius 3 is 2.81 bits per heavy atom. The number of nitrogens with zero attached hydrogens (tertiary/aromatic N) is 6. The minimum Gasteiger partial charge on any atom is -0.368 e. The van der Waals surface area contributed by atoms with Gasteiger partial charge in [0.2, 0.25) is 0 Å². The quantitative estimate of drug-likeness (QED) is 0.841. The third-order valence-corrected chi connectivity index (χ3v) is 4.29. The highest BCUT2D eigenvalue weighted by atomic mass is 35.5. The van der Waals surface area contributed by atoms with Gasteiger partial charge < -0.3 is 10.2 Å². The van der Waals surface area contributed by atoms with E-state index in [1.165, 1.54) is 6.33 Å². The number of halogens is 1. The largest absolute Gasteiger partial charge is 0.368 e. The zero-order chi connectivity index (χ0) is 14.8. The number of likely N-dealkylation sites (N-methyl/N-ethyl adjacent to an activating group) is 1. The lowest BCUT2D eigenvalue weighted by molar-refractivity contribution is 0.158. The van der Waals surface area contributed by atoms with Crippen LogP contribution in [-0.4, -0.2) is 75.7 Å². The lowest BCUT2D eigenvalue weighted by Gasteiger charge is -2.32. The van der Waals surface area contributed by atoms with Gasteiger partial charge in [-0.1, -0.05) is 11.6 Å². The summed E-state index contributed by atoms with van der Waals surface area (Å²) in [7, 11) is 2.17. The van der Waals surface area contributed by atoms with Crippen LogP contribution in [0.4, 0.5) is 5.82 Å². The third-order valence-electron chi connectivity index (χ3n) is 3.92. The van der Waals surface area contributed by atoms with E-state index >= 15 is 0 Å². The summed E-state index contributed by atoms with van der Waals surface area (Å²) in [6.07, 6.45) is 1.49. The van der Waals surface area contributed by atoms with Crippen molar-refractivity contribution in [2.45, 2.75) is 6.92 Å². The Kier molecular flexibility index (Phi) is 4.23. The van der Waals surface area contributed by atoms with Crippen molar-refractivity contribution >= 4 is 23.2 Å². The second-order valence-electron chi connectivity index (χ2n) is 5.42. The van der Waals surface area contributed by atoms with E-state index in [-0.39, 0.29) is 0 Å². The molecule has 0 aliphatic carbocycles. The Morgan fingerprint density at radius 2 is 2.05 bits per heavy atom. The fraction of sp³-hybridized carbons (Fsp3) is 0.615. The average molecular weight is 310 g/mol. The number of hydrogen-bond acceptors (Lipinski definition) is 6. The molecule has 0 saturated carbocycles. The molecule has 0 bridgehead atoms. The molecule has 0 radical (unpaired) electrons. The van der Waals surface area contributed by atoms with Crippen molar-refractivity contribution in [3.05, 3.63) is 17.0 Å². The molecule has 1 fully saturated rings. The number of fused-ring (bicyclic) bond motifs is 1. The molecule has 0 amide bonds. The smallest absolute Gasteiger partial charge is 0.255 e. The highest BCUT2D eigenvalue weighted by molar-refractivity contribution is 6.30. The maximum atomic E-state index is 6.15. The minimum absolute atomic E-state index is 0.470. The van der Waals surface area contributed by atoms with Gasteiger partial charge in [-0.2, -0.15) is 19.6 Å². The van der Waals surface area contributed by atoms with Gasteiger partial charge >= 0.3 is 0 Å². The average Bonchev–Trinajstić information content (AvgIpc) is 2.93. The van der Waals surface area contributed by atoms with Gasteiger partial charge in [0.15, 0.2) is 0 Å². The van der Waals surface area contributed by atoms with E-state index in [0.29, 0.717) is 10.9 Å². The lowest BCUT2D eigenvalue weighted by atomic mass is 10.3. The van der Waals surface area contributed by atoms with E-state index in [1.54, 1.807) is 4.52 Å². The SMILES string of the molecule is Cc1c(Cl)nc2ncnn2c1NCCN1CCN(C)CC1. The molecule has 0 aromatic carbocycles. The van der Waals surface area contributed by atoms with Gasteiger partial charge in [-0.25, -0.2) is 0 Å². The number of aromatic nitrogens is 4. The number of rotatable bonds is 4. The fourth-order valence-electron chi connectivity index (χ4n) is 2.51. The van der Waals surface area contributed by atoms with Crippen LogP contribution in [0.5, 0.6) is 0 Å². The highest BCUT2D eigenvalue weighted by Gasteiger charge is 2.15. The molecular weight excluding hydrogens is 290 g/mol. The molecule has 0 spiro atoms. The molecule has 8 heteroatoms. The van der Waals surface area contributed by atoms with Gasteiger partial charge in [-0.05, 0) is 14.0 Å². The Labute approximate surface area is 128 Å². The zero-order valence-electron chi connectivity index (χ0n) is 12.4. The normalized spacial score (nSPS) is 17.5. The van der Waals surface area contributed by atoms with Crippen molar-refractivity contribution in [2.24, 2.45) is 0 Å². The predicted molar refractivity (Wildman–Crippen MR) is 83.0 cm³/mol. The summed E-state index contributed by atoms with van der Waals surface area (Å²) < 4.78 is 1.70. The Balaban J connectivity index is 1.65. The molecule has 21 heavy (non-hydrogen) atoms. The van der Waals surface area contributed by atoms with Crippen LogP contribution in [0.15, 0.2) is 6.33 Å². The summed E-state index contributed by atoms with van der Waals surface area (Å²) in [6, 6.07) is 0. The minimum atomic E-state index is 0.470. The fourth-order valence-corrected chi connectivity index (χ4v) is 2.67. The first-order valence-corrected chi connectivity index (χ1v) is 7.53. The summed E-state index contributed by atoms with van der Waals surface area (Å²) >= 11 is 6.15. The summed E-state index contributed by atoms with van der Waals surface area (Å²) in [5, 5.41) is 8.09. The van der Waals surface area contributed by atoms with Crippen molar-refractivity contribution in [3.63, 3.8) is 0 Å². The van der Waals surface area contributed by atoms with Gasteiger partial charge in [0.25, 0.3) is 5.78 Å². The van der Waals surface area contributed by atoms with Crippen LogP contribution in [0.2, 0.25) is 5.15 Å². The standard InChI is InChI=1S/C13H20ClN7/c1-10-11(14)18-13-16-9-17-21(13)12(10)15-3-4-20-7-5-19(2)6-8-20/h9,15H,3-8H2,1-2H3. The van der Waals surface area contributed by atoms with E-state index < -0.39 is 0 Å². The zero-order valence-corrected chi connectivity index (χ0v) is 13.1. The van der Waals surface area contributed by atoms with E-state index in [4.69, 9.17) is 11.6 Å². The summed E-state index contributed by atoms with van der Waals surface area (Å²) in [6.45, 7) is 8.29. The first-order chi connectivity index (χ1) is 10.1. The van der Waals surface area contributed by atoms with Crippen LogP contribution in [0.25, 0.3) is 5.78 Å². The number of hydrogen-bond donors (Lipinski definition) is 1. The summed E-state index contributed by atoms with van der Waals surface area (Å²) in [4.78, 5) is 13.1. The molecule has 0 atom stereocenters. The van der Waals surface area contributed by atoms with E-state index in [9.17, 15) is 0 Å². The first-order valence-electron chi connectivity index (χ1n) is 7.16. The molecule has 1 saturated heterocycles. The van der Waals surface area contributed by atoms with Crippen molar-refractivity contribution in [1.82, 2.24) is 29.4 Å². The van der Waals surface area contributed by atoms with E-state index in [1.807, 2.05) is 6.92 Å². The van der Waals surface area contributed by atoms with Crippen LogP contribution >= 0.6 is 11.6 Å². The van der Waals surface area contributed by atoms with Crippen molar-refractivity contribution in [3.8, 4) is 0 Å². The Morgan fingerprint density at radius 1 is 1.29 bits per heavy atom. The van der Waals surface area contributed by atoms with Crippen LogP contribution in [0.1, 0.15) is 5.56 Å². The molecule has 3 heterocycles. The monoisotopic (exact) mass is 309 g/mol. The van der Waals surface area contributed by atoms with Gasteiger partial charge in [0, 0.05) is 44.8 Å². The number of nitrogens with one attached hydrogen (secondary N) is 1. The molecule has 3 rings (SSSR count). The molecule has 114 valence electrons. The Bertz CT molecular complexity index is 618. The van der Waals surface area contributed by atoms with Crippen LogP contribution in [0, 0.1) is 6.92 Å². The molecular formula is C13H20ClN7. The summed E-state index contributed by atoms with van der Waals surface area (Å²) in [5.41, 5.74) is 0.896. The molecule has 7 nitrogen and oxygen atoms in total. The summed E-state index contributed by atoms with van der Waals surface area (Å²) in [5.74, 6) is 1.39. The van der Waals surface area contributed by atoms with Gasteiger partial charge in [-0.3, -0.25) is 4.90 Å². The van der Waals surface area contributed by atoms with E-state index in [2.05, 4.69) is 37.2 Å². The van der Waals surface area contributed by atoms with Crippen molar-refractivity contribution < 1.29 is 0 Å². The second-order valence-corrected chi connectivity index (χ2v) is 5.78. The molecule has 1 aliphatic rings. The number of piperazine rings is 1. The number of anilines is 1. The predicted octanol–water partition coefficient (Wildman–Crippen LogP) is 0.745. The lowest BCUT2D eigenvalue weighted by Crippen LogP contribution is -2.45. The van der Waals surface area contributed by atoms with Crippen molar-refractivity contribution in [1.29, 1.82) is 0 Å². The molecule has 2 aromatic rings. The van der Waals surface area contributed by atoms with Crippen LogP contribution in [0.3, 0.4) is 0 Å². The first kappa shape index (κ1) is 14.5. The molecule has 2 aromatic heterocycles.